The molecular weight excluding hydrogens is 445 g/mol. The van der Waals surface area contributed by atoms with E-state index in [1.165, 1.54) is 17.0 Å². The van der Waals surface area contributed by atoms with Gasteiger partial charge in [-0.3, -0.25) is 14.2 Å². The second kappa shape index (κ2) is 8.86. The zero-order valence-corrected chi connectivity index (χ0v) is 18.7. The molecule has 2 fully saturated rings. The molecule has 3 heterocycles. The van der Waals surface area contributed by atoms with Crippen LogP contribution in [-0.2, 0) is 9.59 Å². The molecule has 7 nitrogen and oxygen atoms in total. The van der Waals surface area contributed by atoms with Crippen molar-refractivity contribution < 1.29 is 14.0 Å². The van der Waals surface area contributed by atoms with Crippen molar-refractivity contribution in [2.24, 2.45) is 5.92 Å². The molecule has 1 unspecified atom stereocenters. The van der Waals surface area contributed by atoms with Crippen molar-refractivity contribution in [3.05, 3.63) is 71.8 Å². The molecule has 1 atom stereocenters. The summed E-state index contributed by atoms with van der Waals surface area (Å²) in [6.45, 7) is 2.65. The lowest BCUT2D eigenvalue weighted by Crippen LogP contribution is -2.51. The minimum absolute atomic E-state index is 0.0277. The molecule has 5 rings (SSSR count). The number of nitrogens with zero attached hydrogens (tertiary/aromatic N) is 5. The smallest absolute Gasteiger partial charge is 0.228 e. The highest BCUT2D eigenvalue weighted by Crippen LogP contribution is 2.28. The molecule has 0 aliphatic carbocycles. The van der Waals surface area contributed by atoms with Gasteiger partial charge in [0.05, 0.1) is 5.92 Å². The monoisotopic (exact) mass is 467 g/mol. The molecule has 170 valence electrons. The highest BCUT2D eigenvalue weighted by Gasteiger charge is 2.38. The molecule has 0 spiro atoms. The number of carbonyl (C=O) groups is 2. The largest absolute Gasteiger partial charge is 0.339 e. The fourth-order valence-electron chi connectivity index (χ4n) is 4.51. The number of rotatable bonds is 4. The Labute approximate surface area is 196 Å². The van der Waals surface area contributed by atoms with Gasteiger partial charge in [-0.2, -0.15) is 0 Å². The summed E-state index contributed by atoms with van der Waals surface area (Å²) in [6, 6.07) is 13.5. The molecule has 2 aliphatic rings. The van der Waals surface area contributed by atoms with Gasteiger partial charge >= 0.3 is 0 Å². The summed E-state index contributed by atoms with van der Waals surface area (Å²) in [4.78, 5) is 35.6. The van der Waals surface area contributed by atoms with Gasteiger partial charge in [-0.1, -0.05) is 23.7 Å². The highest BCUT2D eigenvalue weighted by atomic mass is 35.5. The molecule has 3 aromatic rings. The van der Waals surface area contributed by atoms with Crippen molar-refractivity contribution in [1.82, 2.24) is 14.5 Å². The number of aromatic nitrogens is 2. The van der Waals surface area contributed by atoms with E-state index in [0.717, 1.165) is 11.6 Å². The number of hydrogen-bond acceptors (Lipinski definition) is 4. The van der Waals surface area contributed by atoms with Crippen LogP contribution in [0, 0.1) is 11.7 Å². The SMILES string of the molecule is O=C(C1CC(=O)N(c2cccc(F)c2)C1)N1CCN(c2nccn2-c2cccc(Cl)c2)CC1. The van der Waals surface area contributed by atoms with E-state index < -0.39 is 11.7 Å². The highest BCUT2D eigenvalue weighted by molar-refractivity contribution is 6.30. The predicted molar refractivity (Wildman–Crippen MR) is 124 cm³/mol. The molecule has 2 aromatic carbocycles. The van der Waals surface area contributed by atoms with Crippen LogP contribution in [0.2, 0.25) is 5.02 Å². The van der Waals surface area contributed by atoms with E-state index in [-0.39, 0.29) is 24.8 Å². The van der Waals surface area contributed by atoms with Crippen LogP contribution in [0.5, 0.6) is 0 Å². The van der Waals surface area contributed by atoms with Gasteiger partial charge in [-0.05, 0) is 36.4 Å². The summed E-state index contributed by atoms with van der Waals surface area (Å²) >= 11 is 6.15. The molecule has 9 heteroatoms. The number of carbonyl (C=O) groups excluding carboxylic acids is 2. The normalized spacial score (nSPS) is 18.8. The Morgan fingerprint density at radius 1 is 1.03 bits per heavy atom. The molecular formula is C24H23ClFN5O2. The van der Waals surface area contributed by atoms with Crippen molar-refractivity contribution in [2.45, 2.75) is 6.42 Å². The lowest BCUT2D eigenvalue weighted by Gasteiger charge is -2.36. The zero-order chi connectivity index (χ0) is 22.9. The zero-order valence-electron chi connectivity index (χ0n) is 17.9. The standard InChI is InChI=1S/C24H23ClFN5O2/c25-18-3-1-5-20(14-18)30-8-7-27-24(30)29-11-9-28(10-12-29)23(33)17-13-22(32)31(16-17)21-6-2-4-19(26)15-21/h1-8,14-15,17H,9-13,16H2. The van der Waals surface area contributed by atoms with E-state index in [1.807, 2.05) is 39.9 Å². The van der Waals surface area contributed by atoms with Gasteiger partial charge in [0.25, 0.3) is 0 Å². The maximum Gasteiger partial charge on any atom is 0.228 e. The van der Waals surface area contributed by atoms with Gasteiger partial charge in [0.15, 0.2) is 0 Å². The van der Waals surface area contributed by atoms with E-state index in [0.29, 0.717) is 36.9 Å². The molecule has 2 aliphatic heterocycles. The van der Waals surface area contributed by atoms with Crippen LogP contribution in [-0.4, -0.2) is 59.0 Å². The summed E-state index contributed by atoms with van der Waals surface area (Å²) in [7, 11) is 0. The number of imidazole rings is 1. The lowest BCUT2D eigenvalue weighted by molar-refractivity contribution is -0.136. The first-order valence-electron chi connectivity index (χ1n) is 10.9. The summed E-state index contributed by atoms with van der Waals surface area (Å²) < 4.78 is 15.6. The van der Waals surface area contributed by atoms with Crippen molar-refractivity contribution in [3.8, 4) is 5.69 Å². The molecule has 33 heavy (non-hydrogen) atoms. The molecule has 0 saturated carbocycles. The molecule has 0 bridgehead atoms. The number of hydrogen-bond donors (Lipinski definition) is 0. The van der Waals surface area contributed by atoms with Crippen molar-refractivity contribution >= 4 is 35.1 Å². The lowest BCUT2D eigenvalue weighted by atomic mass is 10.1. The third kappa shape index (κ3) is 4.30. The third-order valence-corrected chi connectivity index (χ3v) is 6.41. The maximum absolute atomic E-state index is 13.6. The van der Waals surface area contributed by atoms with Crippen molar-refractivity contribution in [2.75, 3.05) is 42.5 Å². The number of halogens is 2. The van der Waals surface area contributed by atoms with Gasteiger partial charge in [0.1, 0.15) is 5.82 Å². The van der Waals surface area contributed by atoms with Crippen molar-refractivity contribution in [1.29, 1.82) is 0 Å². The van der Waals surface area contributed by atoms with E-state index >= 15 is 0 Å². The van der Waals surface area contributed by atoms with Crippen LogP contribution in [0.15, 0.2) is 60.9 Å². The maximum atomic E-state index is 13.6. The first-order chi connectivity index (χ1) is 16.0. The fourth-order valence-corrected chi connectivity index (χ4v) is 4.69. The Kier molecular flexibility index (Phi) is 5.76. The van der Waals surface area contributed by atoms with E-state index in [1.54, 1.807) is 18.3 Å². The van der Waals surface area contributed by atoms with Crippen LogP contribution >= 0.6 is 11.6 Å². The molecule has 1 aromatic heterocycles. The summed E-state index contributed by atoms with van der Waals surface area (Å²) in [5.41, 5.74) is 1.42. The van der Waals surface area contributed by atoms with Gasteiger partial charge in [0.2, 0.25) is 17.8 Å². The molecule has 2 amide bonds. The summed E-state index contributed by atoms with van der Waals surface area (Å²) in [6.07, 6.45) is 3.79. The summed E-state index contributed by atoms with van der Waals surface area (Å²) in [5, 5.41) is 0.654. The Morgan fingerprint density at radius 2 is 1.79 bits per heavy atom. The number of benzene rings is 2. The molecule has 0 radical (unpaired) electrons. The van der Waals surface area contributed by atoms with Gasteiger partial charge in [-0.15, -0.1) is 0 Å². The van der Waals surface area contributed by atoms with Crippen LogP contribution in [0.1, 0.15) is 6.42 Å². The fraction of sp³-hybridized carbons (Fsp3) is 0.292. The minimum Gasteiger partial charge on any atom is -0.339 e. The van der Waals surface area contributed by atoms with Gasteiger partial charge in [0, 0.05) is 67.9 Å². The number of anilines is 2. The first-order valence-corrected chi connectivity index (χ1v) is 11.3. The Bertz CT molecular complexity index is 1190. The molecule has 2 saturated heterocycles. The third-order valence-electron chi connectivity index (χ3n) is 6.18. The topological polar surface area (TPSA) is 61.7 Å². The molecule has 0 N–H and O–H groups in total. The quantitative estimate of drug-likeness (QED) is 0.590. The number of amides is 2. The summed E-state index contributed by atoms with van der Waals surface area (Å²) in [5.74, 6) is -0.193. The van der Waals surface area contributed by atoms with Crippen LogP contribution in [0.3, 0.4) is 0 Å². The van der Waals surface area contributed by atoms with Crippen molar-refractivity contribution in [3.63, 3.8) is 0 Å². The van der Waals surface area contributed by atoms with Crippen LogP contribution in [0.25, 0.3) is 5.69 Å². The Morgan fingerprint density at radius 3 is 2.55 bits per heavy atom. The predicted octanol–water partition coefficient (Wildman–Crippen LogP) is 3.37. The second-order valence-electron chi connectivity index (χ2n) is 8.27. The Balaban J connectivity index is 1.23. The van der Waals surface area contributed by atoms with Crippen LogP contribution in [0.4, 0.5) is 16.0 Å². The average Bonchev–Trinajstić information content (AvgIpc) is 3.46. The minimum atomic E-state index is -0.416. The van der Waals surface area contributed by atoms with Gasteiger partial charge in [-0.25, -0.2) is 9.37 Å². The Hall–Kier alpha value is -3.39. The van der Waals surface area contributed by atoms with E-state index in [4.69, 9.17) is 11.6 Å². The van der Waals surface area contributed by atoms with Gasteiger partial charge < -0.3 is 14.7 Å². The number of piperazine rings is 1. The van der Waals surface area contributed by atoms with E-state index in [9.17, 15) is 14.0 Å². The average molecular weight is 468 g/mol. The van der Waals surface area contributed by atoms with E-state index in [2.05, 4.69) is 9.88 Å². The van der Waals surface area contributed by atoms with Crippen LogP contribution < -0.4 is 9.80 Å². The second-order valence-corrected chi connectivity index (χ2v) is 8.71. The first kappa shape index (κ1) is 21.5.